The van der Waals surface area contributed by atoms with Crippen molar-refractivity contribution in [2.24, 2.45) is 5.10 Å². The lowest BCUT2D eigenvalue weighted by Gasteiger charge is -2.25. The lowest BCUT2D eigenvalue weighted by molar-refractivity contribution is 0.346. The summed E-state index contributed by atoms with van der Waals surface area (Å²) in [6.45, 7) is 3.29. The van der Waals surface area contributed by atoms with Crippen LogP contribution < -0.4 is 5.43 Å². The molecule has 0 radical (unpaired) electrons. The molecule has 1 saturated heterocycles. The van der Waals surface area contributed by atoms with Crippen molar-refractivity contribution in [1.29, 1.82) is 0 Å². The van der Waals surface area contributed by atoms with Gasteiger partial charge in [0.05, 0.1) is 6.21 Å². The summed E-state index contributed by atoms with van der Waals surface area (Å²) < 4.78 is 26.7. The van der Waals surface area contributed by atoms with E-state index in [1.807, 2.05) is 12.1 Å². The molecule has 0 aliphatic carbocycles. The lowest BCUT2D eigenvalue weighted by atomic mass is 10.1. The second-order valence-electron chi connectivity index (χ2n) is 6.31. The molecule has 0 atom stereocenters. The molecule has 0 amide bonds. The largest absolute Gasteiger partial charge is 0.261 e. The molecule has 26 heavy (non-hydrogen) atoms. The fourth-order valence-corrected chi connectivity index (χ4v) is 4.33. The number of nitrogens with zero attached hydrogens (tertiary/aromatic N) is 3. The van der Waals surface area contributed by atoms with Crippen molar-refractivity contribution in [2.75, 3.05) is 18.5 Å². The highest BCUT2D eigenvalue weighted by molar-refractivity contribution is 7.89. The van der Waals surface area contributed by atoms with Crippen molar-refractivity contribution >= 4 is 22.1 Å². The number of nitrogens with one attached hydrogen (secondary N) is 1. The number of rotatable bonds is 6. The molecule has 0 spiro atoms. The Balaban J connectivity index is 1.62. The van der Waals surface area contributed by atoms with E-state index in [1.165, 1.54) is 11.8 Å². The van der Waals surface area contributed by atoms with E-state index in [0.717, 1.165) is 31.2 Å². The van der Waals surface area contributed by atoms with E-state index >= 15 is 0 Å². The number of hydrogen-bond donors (Lipinski definition) is 1. The molecule has 0 bridgehead atoms. The maximum Gasteiger partial charge on any atom is 0.244 e. The predicted octanol–water partition coefficient (Wildman–Crippen LogP) is 3.26. The van der Waals surface area contributed by atoms with Gasteiger partial charge in [-0.25, -0.2) is 13.4 Å². The van der Waals surface area contributed by atoms with Crippen molar-refractivity contribution in [3.63, 3.8) is 0 Å². The second-order valence-corrected chi connectivity index (χ2v) is 8.25. The van der Waals surface area contributed by atoms with Crippen LogP contribution in [0.4, 0.5) is 5.82 Å². The first kappa shape index (κ1) is 18.5. The first-order chi connectivity index (χ1) is 12.6. The van der Waals surface area contributed by atoms with E-state index in [1.54, 1.807) is 22.7 Å². The number of piperidine rings is 1. The van der Waals surface area contributed by atoms with Crippen LogP contribution in [0.15, 0.2) is 52.6 Å². The predicted molar refractivity (Wildman–Crippen MR) is 104 cm³/mol. The molecule has 7 heteroatoms. The van der Waals surface area contributed by atoms with Crippen LogP contribution in [0.1, 0.15) is 37.3 Å². The highest BCUT2D eigenvalue weighted by atomic mass is 32.2. The van der Waals surface area contributed by atoms with Gasteiger partial charge in [-0.1, -0.05) is 37.6 Å². The van der Waals surface area contributed by atoms with Gasteiger partial charge in [-0.05, 0) is 42.5 Å². The Morgan fingerprint density at radius 1 is 1.12 bits per heavy atom. The van der Waals surface area contributed by atoms with Gasteiger partial charge in [-0.15, -0.1) is 0 Å². The highest BCUT2D eigenvalue weighted by Gasteiger charge is 2.25. The Morgan fingerprint density at radius 2 is 1.85 bits per heavy atom. The lowest BCUT2D eigenvalue weighted by Crippen LogP contribution is -2.35. The van der Waals surface area contributed by atoms with Crippen molar-refractivity contribution < 1.29 is 8.42 Å². The molecule has 1 aromatic heterocycles. The third-order valence-corrected chi connectivity index (χ3v) is 6.35. The first-order valence-electron chi connectivity index (χ1n) is 8.94. The number of aryl methyl sites for hydroxylation is 1. The Labute approximate surface area is 155 Å². The van der Waals surface area contributed by atoms with Gasteiger partial charge < -0.3 is 0 Å². The summed E-state index contributed by atoms with van der Waals surface area (Å²) in [5, 5.41) is 4.15. The Kier molecular flexibility index (Phi) is 6.00. The molecule has 2 aromatic rings. The van der Waals surface area contributed by atoms with E-state index in [9.17, 15) is 8.42 Å². The van der Waals surface area contributed by atoms with Crippen LogP contribution in [0, 0.1) is 0 Å². The Hall–Kier alpha value is -2.25. The fourth-order valence-electron chi connectivity index (χ4n) is 2.87. The smallest absolute Gasteiger partial charge is 0.244 e. The third-order valence-electron chi connectivity index (χ3n) is 4.47. The number of pyridine rings is 1. The summed E-state index contributed by atoms with van der Waals surface area (Å²) in [5.74, 6) is 0.504. The van der Waals surface area contributed by atoms with Gasteiger partial charge in [0.2, 0.25) is 10.0 Å². The maximum absolute atomic E-state index is 12.6. The van der Waals surface area contributed by atoms with E-state index in [2.05, 4.69) is 34.6 Å². The van der Waals surface area contributed by atoms with Gasteiger partial charge in [0.15, 0.2) is 0 Å². The second kappa shape index (κ2) is 8.42. The third kappa shape index (κ3) is 4.47. The summed E-state index contributed by atoms with van der Waals surface area (Å²) >= 11 is 0. The van der Waals surface area contributed by atoms with E-state index in [4.69, 9.17) is 0 Å². The summed E-state index contributed by atoms with van der Waals surface area (Å²) in [6, 6.07) is 11.4. The summed E-state index contributed by atoms with van der Waals surface area (Å²) in [7, 11) is -3.44. The molecule has 1 fully saturated rings. The molecular formula is C19H24N4O2S. The molecule has 1 aliphatic heterocycles. The van der Waals surface area contributed by atoms with Gasteiger partial charge in [0.25, 0.3) is 0 Å². The molecule has 6 nitrogen and oxygen atoms in total. The minimum Gasteiger partial charge on any atom is -0.261 e. The fraction of sp³-hybridized carbons (Fsp3) is 0.368. The molecule has 1 aromatic carbocycles. The first-order valence-corrected chi connectivity index (χ1v) is 10.4. The molecule has 0 saturated carbocycles. The zero-order valence-electron chi connectivity index (χ0n) is 14.9. The van der Waals surface area contributed by atoms with Crippen molar-refractivity contribution in [1.82, 2.24) is 9.29 Å². The highest BCUT2D eigenvalue weighted by Crippen LogP contribution is 2.20. The van der Waals surface area contributed by atoms with Crippen molar-refractivity contribution in [3.8, 4) is 0 Å². The van der Waals surface area contributed by atoms with Gasteiger partial charge >= 0.3 is 0 Å². The number of benzene rings is 1. The molecule has 3 rings (SSSR count). The summed E-state index contributed by atoms with van der Waals surface area (Å²) in [6.07, 6.45) is 7.02. The average Bonchev–Trinajstić information content (AvgIpc) is 2.69. The molecule has 138 valence electrons. The number of hydrogen-bond acceptors (Lipinski definition) is 5. The Morgan fingerprint density at radius 3 is 2.46 bits per heavy atom. The van der Waals surface area contributed by atoms with Crippen molar-refractivity contribution in [3.05, 3.63) is 53.7 Å². The molecular weight excluding hydrogens is 348 g/mol. The zero-order valence-corrected chi connectivity index (χ0v) is 15.7. The van der Waals surface area contributed by atoms with Crippen LogP contribution in [-0.2, 0) is 16.4 Å². The summed E-state index contributed by atoms with van der Waals surface area (Å²) in [5.41, 5.74) is 5.09. The van der Waals surface area contributed by atoms with Crippen LogP contribution in [0.3, 0.4) is 0 Å². The van der Waals surface area contributed by atoms with Gasteiger partial charge in [0, 0.05) is 19.3 Å². The van der Waals surface area contributed by atoms with Crippen LogP contribution in [0.5, 0.6) is 0 Å². The van der Waals surface area contributed by atoms with Crippen LogP contribution in [0.25, 0.3) is 0 Å². The van der Waals surface area contributed by atoms with Crippen LogP contribution in [-0.4, -0.2) is 37.0 Å². The van der Waals surface area contributed by atoms with Crippen LogP contribution >= 0.6 is 0 Å². The summed E-state index contributed by atoms with van der Waals surface area (Å²) in [4.78, 5) is 4.39. The van der Waals surface area contributed by atoms with Gasteiger partial charge in [-0.2, -0.15) is 9.41 Å². The minimum absolute atomic E-state index is 0.226. The topological polar surface area (TPSA) is 74.7 Å². The molecule has 1 aliphatic rings. The zero-order chi connectivity index (χ0) is 18.4. The van der Waals surface area contributed by atoms with Gasteiger partial charge in [-0.3, -0.25) is 5.43 Å². The molecule has 1 N–H and O–H groups in total. The van der Waals surface area contributed by atoms with E-state index in [-0.39, 0.29) is 4.90 Å². The number of aromatic nitrogens is 1. The van der Waals surface area contributed by atoms with Gasteiger partial charge in [0.1, 0.15) is 10.7 Å². The van der Waals surface area contributed by atoms with Crippen molar-refractivity contribution in [2.45, 2.75) is 37.5 Å². The van der Waals surface area contributed by atoms with Crippen LogP contribution in [0.2, 0.25) is 0 Å². The minimum atomic E-state index is -3.44. The standard InChI is InChI=1S/C19H24N4O2S/c1-2-16-6-8-17(9-7-16)14-21-22-19-11-10-18(15-20-19)26(24,25)23-12-4-3-5-13-23/h6-11,14-15H,2-5,12-13H2,1H3,(H,20,22)/b21-14-. The normalized spacial score (nSPS) is 16.0. The number of hydrazone groups is 1. The monoisotopic (exact) mass is 372 g/mol. The van der Waals surface area contributed by atoms with E-state index in [0.29, 0.717) is 18.9 Å². The quantitative estimate of drug-likeness (QED) is 0.624. The SMILES string of the molecule is CCc1ccc(/C=N\Nc2ccc(S(=O)(=O)N3CCCCC3)cn2)cc1. The number of anilines is 1. The van der Waals surface area contributed by atoms with E-state index < -0.39 is 10.0 Å². The molecule has 2 heterocycles. The number of sulfonamides is 1. The average molecular weight is 372 g/mol. The molecule has 0 unspecified atom stereocenters. The maximum atomic E-state index is 12.6. The Bertz CT molecular complexity index is 840.